The number of benzene rings is 1. The molecule has 2 N–H and O–H groups in total. The first kappa shape index (κ1) is 21.5. The molecule has 34 heavy (non-hydrogen) atoms. The fraction of sp³-hybridized carbons (Fsp3) is 0.346. The number of hydrazine groups is 1. The second-order valence-corrected chi connectivity index (χ2v) is 10.3. The molecule has 1 amide bonds. The lowest BCUT2D eigenvalue weighted by Gasteiger charge is -2.56. The number of aliphatic hydroxyl groups excluding tert-OH is 2. The van der Waals surface area contributed by atoms with Gasteiger partial charge in [0.1, 0.15) is 18.5 Å². The van der Waals surface area contributed by atoms with Gasteiger partial charge in [-0.2, -0.15) is 5.01 Å². The summed E-state index contributed by atoms with van der Waals surface area (Å²) in [6.07, 6.45) is 8.81. The Morgan fingerprint density at radius 3 is 2.74 bits per heavy atom. The van der Waals surface area contributed by atoms with Crippen LogP contribution in [0.2, 0.25) is 0 Å². The van der Waals surface area contributed by atoms with Gasteiger partial charge >= 0.3 is 0 Å². The SMILES string of the molecule is Cc1sccc1C1c2ccccc2OC/C=C/C2(CCC2)N2CN1N1C=CC(O)C(O)=C1C2=O. The zero-order valence-corrected chi connectivity index (χ0v) is 19.7. The smallest absolute Gasteiger partial charge is 0.277 e. The van der Waals surface area contributed by atoms with Crippen LogP contribution in [0, 0.1) is 6.92 Å². The van der Waals surface area contributed by atoms with Crippen LogP contribution in [0.4, 0.5) is 0 Å². The molecular weight excluding hydrogens is 450 g/mol. The molecule has 1 aromatic heterocycles. The zero-order valence-electron chi connectivity index (χ0n) is 18.9. The minimum Gasteiger partial charge on any atom is -0.507 e. The van der Waals surface area contributed by atoms with E-state index in [9.17, 15) is 15.0 Å². The Morgan fingerprint density at radius 1 is 1.18 bits per heavy atom. The second kappa shape index (κ2) is 8.01. The van der Waals surface area contributed by atoms with E-state index < -0.39 is 11.6 Å². The number of rotatable bonds is 1. The molecule has 1 saturated carbocycles. The molecule has 3 aliphatic heterocycles. The number of carbonyl (C=O) groups is 1. The quantitative estimate of drug-likeness (QED) is 0.605. The average Bonchev–Trinajstić information content (AvgIpc) is 3.22. The van der Waals surface area contributed by atoms with Crippen molar-refractivity contribution in [3.05, 3.63) is 87.6 Å². The van der Waals surface area contributed by atoms with Crippen LogP contribution in [0.1, 0.15) is 41.3 Å². The standard InChI is InChI=1S/C26H27N3O4S/c1-17-18(9-15-34-17)22-19-6-2-3-7-21(19)33-14-5-12-26(10-4-11-26)27-16-29(22)28-13-8-20(30)24(31)23(28)25(27)32/h2-3,5-9,12-13,15,20,22,30-31H,4,10-11,14,16H2,1H3/b12-5+. The fourth-order valence-electron chi connectivity index (χ4n) is 5.44. The third-order valence-corrected chi connectivity index (χ3v) is 8.26. The molecule has 6 rings (SSSR count). The Bertz CT molecular complexity index is 1230. The third-order valence-electron chi connectivity index (χ3n) is 7.40. The lowest BCUT2D eigenvalue weighted by Crippen LogP contribution is -2.66. The number of ether oxygens (including phenoxy) is 1. The minimum atomic E-state index is -1.21. The number of fused-ring (bicyclic) bond motifs is 6. The summed E-state index contributed by atoms with van der Waals surface area (Å²) >= 11 is 1.68. The molecule has 4 aliphatic rings. The highest BCUT2D eigenvalue weighted by molar-refractivity contribution is 7.10. The molecule has 2 bridgehead atoms. The number of para-hydroxylation sites is 1. The predicted molar refractivity (Wildman–Crippen MR) is 129 cm³/mol. The molecule has 1 aliphatic carbocycles. The maximum Gasteiger partial charge on any atom is 0.277 e. The van der Waals surface area contributed by atoms with Crippen molar-refractivity contribution in [1.82, 2.24) is 14.9 Å². The van der Waals surface area contributed by atoms with Gasteiger partial charge in [0.15, 0.2) is 11.5 Å². The van der Waals surface area contributed by atoms with Crippen LogP contribution in [-0.2, 0) is 4.79 Å². The van der Waals surface area contributed by atoms with E-state index in [0.29, 0.717) is 13.3 Å². The predicted octanol–water partition coefficient (Wildman–Crippen LogP) is 3.99. The first-order valence-electron chi connectivity index (χ1n) is 11.6. The number of amides is 1. The molecule has 0 radical (unpaired) electrons. The number of hydrogen-bond acceptors (Lipinski definition) is 7. The lowest BCUT2D eigenvalue weighted by molar-refractivity contribution is -0.163. The number of aryl methyl sites for hydroxylation is 1. The highest BCUT2D eigenvalue weighted by Gasteiger charge is 2.51. The molecule has 176 valence electrons. The van der Waals surface area contributed by atoms with E-state index in [4.69, 9.17) is 4.74 Å². The molecule has 2 aromatic rings. The topological polar surface area (TPSA) is 76.5 Å². The number of carbonyl (C=O) groups excluding carboxylic acids is 1. The van der Waals surface area contributed by atoms with E-state index >= 15 is 0 Å². The van der Waals surface area contributed by atoms with Gasteiger partial charge in [-0.3, -0.25) is 9.80 Å². The lowest BCUT2D eigenvalue weighted by atomic mass is 9.74. The molecule has 1 aromatic carbocycles. The Morgan fingerprint density at radius 2 is 2.00 bits per heavy atom. The molecule has 2 fully saturated rings. The molecule has 8 heteroatoms. The van der Waals surface area contributed by atoms with Crippen molar-refractivity contribution >= 4 is 17.2 Å². The molecular formula is C26H27N3O4S. The van der Waals surface area contributed by atoms with Crippen LogP contribution in [-0.4, -0.2) is 56.0 Å². The Kier molecular flexibility index (Phi) is 5.05. The summed E-state index contributed by atoms with van der Waals surface area (Å²) in [6, 6.07) is 9.85. The summed E-state index contributed by atoms with van der Waals surface area (Å²) in [6.45, 7) is 2.85. The van der Waals surface area contributed by atoms with Crippen molar-refractivity contribution in [3.63, 3.8) is 0 Å². The van der Waals surface area contributed by atoms with Gasteiger partial charge in [-0.1, -0.05) is 24.3 Å². The van der Waals surface area contributed by atoms with E-state index in [1.165, 1.54) is 11.0 Å². The molecule has 3 atom stereocenters. The first-order chi connectivity index (χ1) is 16.5. The van der Waals surface area contributed by atoms with Crippen molar-refractivity contribution in [2.75, 3.05) is 13.3 Å². The summed E-state index contributed by atoms with van der Waals surface area (Å²) in [5, 5.41) is 27.2. The monoisotopic (exact) mass is 477 g/mol. The van der Waals surface area contributed by atoms with Crippen molar-refractivity contribution in [2.45, 2.75) is 43.9 Å². The number of thiophene rings is 1. The van der Waals surface area contributed by atoms with Crippen LogP contribution < -0.4 is 4.74 Å². The van der Waals surface area contributed by atoms with Crippen LogP contribution in [0.5, 0.6) is 5.75 Å². The van der Waals surface area contributed by atoms with Crippen molar-refractivity contribution in [2.24, 2.45) is 0 Å². The van der Waals surface area contributed by atoms with E-state index in [-0.39, 0.29) is 23.4 Å². The second-order valence-electron chi connectivity index (χ2n) is 9.22. The normalized spacial score (nSPS) is 28.5. The Hall–Kier alpha value is -3.07. The van der Waals surface area contributed by atoms with Crippen molar-refractivity contribution < 1.29 is 19.7 Å². The van der Waals surface area contributed by atoms with Crippen LogP contribution >= 0.6 is 11.3 Å². The van der Waals surface area contributed by atoms with Gasteiger partial charge in [-0.25, -0.2) is 0 Å². The van der Waals surface area contributed by atoms with Gasteiger partial charge in [0.05, 0.1) is 18.2 Å². The largest absolute Gasteiger partial charge is 0.507 e. The summed E-state index contributed by atoms with van der Waals surface area (Å²) in [7, 11) is 0. The molecule has 1 saturated heterocycles. The fourth-order valence-corrected chi connectivity index (χ4v) is 6.17. The van der Waals surface area contributed by atoms with Gasteiger partial charge in [0.2, 0.25) is 0 Å². The van der Waals surface area contributed by atoms with Gasteiger partial charge in [0.25, 0.3) is 5.91 Å². The van der Waals surface area contributed by atoms with Gasteiger partial charge in [-0.05, 0) is 61.4 Å². The van der Waals surface area contributed by atoms with E-state index in [1.54, 1.807) is 22.5 Å². The van der Waals surface area contributed by atoms with Gasteiger partial charge in [0, 0.05) is 16.6 Å². The van der Waals surface area contributed by atoms with Crippen LogP contribution in [0.3, 0.4) is 0 Å². The molecule has 7 nitrogen and oxygen atoms in total. The first-order valence-corrected chi connectivity index (χ1v) is 12.5. The summed E-state index contributed by atoms with van der Waals surface area (Å²) in [4.78, 5) is 16.9. The summed E-state index contributed by atoms with van der Waals surface area (Å²) in [5.41, 5.74) is 1.77. The Labute approximate surface area is 202 Å². The highest BCUT2D eigenvalue weighted by Crippen LogP contribution is 2.47. The van der Waals surface area contributed by atoms with Crippen LogP contribution in [0.15, 0.2) is 71.6 Å². The number of hydrogen-bond donors (Lipinski definition) is 2. The number of aliphatic hydroxyl groups is 2. The van der Waals surface area contributed by atoms with Crippen molar-refractivity contribution in [1.29, 1.82) is 0 Å². The summed E-state index contributed by atoms with van der Waals surface area (Å²) in [5.74, 6) is 0.197. The highest BCUT2D eigenvalue weighted by atomic mass is 32.1. The third kappa shape index (κ3) is 3.13. The average molecular weight is 478 g/mol. The van der Waals surface area contributed by atoms with E-state index in [1.807, 2.05) is 29.2 Å². The number of nitrogens with zero attached hydrogens (tertiary/aromatic N) is 3. The maximum atomic E-state index is 13.8. The molecule has 1 spiro atoms. The van der Waals surface area contributed by atoms with E-state index in [0.717, 1.165) is 36.1 Å². The van der Waals surface area contributed by atoms with Crippen LogP contribution in [0.25, 0.3) is 0 Å². The molecule has 3 unspecified atom stereocenters. The Balaban J connectivity index is 1.60. The minimum absolute atomic E-state index is 0.108. The van der Waals surface area contributed by atoms with Gasteiger partial charge < -0.3 is 19.8 Å². The van der Waals surface area contributed by atoms with Gasteiger partial charge in [-0.15, -0.1) is 11.3 Å². The van der Waals surface area contributed by atoms with E-state index in [2.05, 4.69) is 35.5 Å². The zero-order chi connectivity index (χ0) is 23.4. The van der Waals surface area contributed by atoms with Crippen molar-refractivity contribution in [3.8, 4) is 5.75 Å². The summed E-state index contributed by atoms with van der Waals surface area (Å²) < 4.78 is 6.25. The maximum absolute atomic E-state index is 13.8. The molecule has 4 heterocycles.